The smallest absolute Gasteiger partial charge is 0.336 e. The number of aromatic nitrogens is 2. The highest BCUT2D eigenvalue weighted by Gasteiger charge is 2.23. The molecular weight excluding hydrogens is 292 g/mol. The average molecular weight is 308 g/mol. The van der Waals surface area contributed by atoms with Crippen molar-refractivity contribution in [1.82, 2.24) is 10.2 Å². The average Bonchev–Trinajstić information content (AvgIpc) is 3.00. The number of carboxylic acid groups (broad SMARTS) is 1. The predicted molar refractivity (Wildman–Crippen MR) is 86.3 cm³/mol. The van der Waals surface area contributed by atoms with E-state index in [2.05, 4.69) is 10.2 Å². The summed E-state index contributed by atoms with van der Waals surface area (Å²) in [7, 11) is 0. The van der Waals surface area contributed by atoms with Crippen LogP contribution < -0.4 is 0 Å². The van der Waals surface area contributed by atoms with Crippen molar-refractivity contribution in [3.05, 3.63) is 58.7 Å². The molecule has 0 aliphatic carbocycles. The van der Waals surface area contributed by atoms with Gasteiger partial charge in [0.25, 0.3) is 0 Å². The van der Waals surface area contributed by atoms with Crippen molar-refractivity contribution in [2.45, 2.75) is 20.8 Å². The van der Waals surface area contributed by atoms with Crippen LogP contribution in [0, 0.1) is 20.8 Å². The second-order valence-corrected chi connectivity index (χ2v) is 5.47. The molecule has 23 heavy (non-hydrogen) atoms. The highest BCUT2D eigenvalue weighted by atomic mass is 16.4. The first kappa shape index (κ1) is 15.0. The van der Waals surface area contributed by atoms with Crippen molar-refractivity contribution in [3.63, 3.8) is 0 Å². The molecule has 3 aromatic rings. The zero-order chi connectivity index (χ0) is 16.6. The van der Waals surface area contributed by atoms with Crippen LogP contribution in [0.4, 0.5) is 0 Å². The van der Waals surface area contributed by atoms with E-state index in [9.17, 15) is 9.90 Å². The van der Waals surface area contributed by atoms with Crippen molar-refractivity contribution in [3.8, 4) is 22.9 Å². The molecule has 0 unspecified atom stereocenters. The fourth-order valence-electron chi connectivity index (χ4n) is 2.65. The van der Waals surface area contributed by atoms with E-state index in [4.69, 9.17) is 4.42 Å². The highest BCUT2D eigenvalue weighted by Crippen LogP contribution is 2.32. The van der Waals surface area contributed by atoms with E-state index in [1.165, 1.54) is 0 Å². The summed E-state index contributed by atoms with van der Waals surface area (Å²) < 4.78 is 5.74. The second-order valence-electron chi connectivity index (χ2n) is 5.47. The molecule has 1 N–H and O–H groups in total. The minimum absolute atomic E-state index is 0.214. The van der Waals surface area contributed by atoms with Crippen molar-refractivity contribution >= 4 is 5.97 Å². The lowest BCUT2D eigenvalue weighted by atomic mass is 9.93. The number of aromatic carboxylic acids is 1. The van der Waals surface area contributed by atoms with Gasteiger partial charge in [-0.15, -0.1) is 10.2 Å². The summed E-state index contributed by atoms with van der Waals surface area (Å²) >= 11 is 0. The normalized spacial score (nSPS) is 10.7. The molecule has 0 aliphatic heterocycles. The highest BCUT2D eigenvalue weighted by molar-refractivity contribution is 5.97. The Labute approximate surface area is 133 Å². The summed E-state index contributed by atoms with van der Waals surface area (Å²) in [6.07, 6.45) is 0. The first-order valence-corrected chi connectivity index (χ1v) is 7.22. The van der Waals surface area contributed by atoms with Crippen LogP contribution in [0.5, 0.6) is 0 Å². The molecule has 5 nitrogen and oxygen atoms in total. The summed E-state index contributed by atoms with van der Waals surface area (Å²) in [5.74, 6) is -0.403. The van der Waals surface area contributed by atoms with Crippen LogP contribution >= 0.6 is 0 Å². The Morgan fingerprint density at radius 3 is 2.30 bits per heavy atom. The van der Waals surface area contributed by atoms with E-state index in [-0.39, 0.29) is 11.5 Å². The van der Waals surface area contributed by atoms with Gasteiger partial charge in [0.2, 0.25) is 11.8 Å². The number of nitrogens with zero attached hydrogens (tertiary/aromatic N) is 2. The van der Waals surface area contributed by atoms with Gasteiger partial charge >= 0.3 is 5.97 Å². The lowest BCUT2D eigenvalue weighted by Gasteiger charge is -2.12. The minimum atomic E-state index is -0.997. The minimum Gasteiger partial charge on any atom is -0.478 e. The van der Waals surface area contributed by atoms with Gasteiger partial charge in [0, 0.05) is 5.56 Å². The van der Waals surface area contributed by atoms with Gasteiger partial charge < -0.3 is 9.52 Å². The lowest BCUT2D eigenvalue weighted by Crippen LogP contribution is -2.06. The van der Waals surface area contributed by atoms with E-state index in [1.807, 2.05) is 50.2 Å². The molecule has 0 bridgehead atoms. The Morgan fingerprint density at radius 1 is 1.00 bits per heavy atom. The fourth-order valence-corrected chi connectivity index (χ4v) is 2.65. The monoisotopic (exact) mass is 308 g/mol. The number of rotatable bonds is 3. The van der Waals surface area contributed by atoms with Crippen LogP contribution in [0.1, 0.15) is 27.0 Å². The third kappa shape index (κ3) is 2.61. The molecule has 0 saturated carbocycles. The van der Waals surface area contributed by atoms with Crippen LogP contribution in [0.3, 0.4) is 0 Å². The van der Waals surface area contributed by atoms with E-state index >= 15 is 0 Å². The maximum atomic E-state index is 11.7. The summed E-state index contributed by atoms with van der Waals surface area (Å²) in [6.45, 7) is 5.53. The molecule has 0 spiro atoms. The van der Waals surface area contributed by atoms with Gasteiger partial charge in [0.15, 0.2) is 0 Å². The topological polar surface area (TPSA) is 76.2 Å². The van der Waals surface area contributed by atoms with Crippen LogP contribution in [0.2, 0.25) is 0 Å². The molecule has 0 saturated heterocycles. The fraction of sp³-hybridized carbons (Fsp3) is 0.167. The van der Waals surface area contributed by atoms with Crippen LogP contribution in [-0.2, 0) is 0 Å². The second kappa shape index (κ2) is 5.68. The van der Waals surface area contributed by atoms with Gasteiger partial charge in [0.05, 0.1) is 11.1 Å². The van der Waals surface area contributed by atoms with Gasteiger partial charge in [-0.3, -0.25) is 0 Å². The molecule has 2 aromatic carbocycles. The number of benzene rings is 2. The number of aryl methyl sites for hydroxylation is 2. The Morgan fingerprint density at radius 2 is 1.65 bits per heavy atom. The van der Waals surface area contributed by atoms with Gasteiger partial charge in [-0.2, -0.15) is 0 Å². The zero-order valence-electron chi connectivity index (χ0n) is 13.1. The quantitative estimate of drug-likeness (QED) is 0.790. The first-order chi connectivity index (χ1) is 11.0. The number of hydrogen-bond acceptors (Lipinski definition) is 4. The largest absolute Gasteiger partial charge is 0.478 e. The summed E-state index contributed by atoms with van der Waals surface area (Å²) in [5.41, 5.74) is 3.92. The van der Waals surface area contributed by atoms with Crippen LogP contribution in [-0.4, -0.2) is 21.3 Å². The first-order valence-electron chi connectivity index (χ1n) is 7.22. The predicted octanol–water partition coefficient (Wildman–Crippen LogP) is 4.03. The number of carbonyl (C=O) groups is 1. The molecule has 5 heteroatoms. The Balaban J connectivity index is 2.19. The van der Waals surface area contributed by atoms with Gasteiger partial charge in [-0.05, 0) is 49.6 Å². The number of hydrogen-bond donors (Lipinski definition) is 1. The molecule has 1 aromatic heterocycles. The van der Waals surface area contributed by atoms with Crippen molar-refractivity contribution < 1.29 is 14.3 Å². The molecule has 0 fully saturated rings. The maximum absolute atomic E-state index is 11.7. The van der Waals surface area contributed by atoms with Crippen molar-refractivity contribution in [2.75, 3.05) is 0 Å². The SMILES string of the molecule is Cc1cc(C)c(-c2nnc(-c3ccccc3)o2)c(C(=O)O)c1C. The van der Waals surface area contributed by atoms with Crippen molar-refractivity contribution in [1.29, 1.82) is 0 Å². The van der Waals surface area contributed by atoms with E-state index < -0.39 is 5.97 Å². The molecule has 0 atom stereocenters. The maximum Gasteiger partial charge on any atom is 0.336 e. The van der Waals surface area contributed by atoms with Crippen molar-refractivity contribution in [2.24, 2.45) is 0 Å². The number of carboxylic acids is 1. The van der Waals surface area contributed by atoms with E-state index in [1.54, 1.807) is 6.92 Å². The molecule has 3 rings (SSSR count). The molecule has 0 radical (unpaired) electrons. The summed E-state index contributed by atoms with van der Waals surface area (Å²) in [4.78, 5) is 11.7. The molecular formula is C18H16N2O3. The third-order valence-corrected chi connectivity index (χ3v) is 3.92. The third-order valence-electron chi connectivity index (χ3n) is 3.92. The lowest BCUT2D eigenvalue weighted by molar-refractivity contribution is 0.0696. The van der Waals surface area contributed by atoms with Crippen LogP contribution in [0.15, 0.2) is 40.8 Å². The van der Waals surface area contributed by atoms with Gasteiger partial charge in [-0.1, -0.05) is 24.3 Å². The van der Waals surface area contributed by atoms with E-state index in [0.29, 0.717) is 17.0 Å². The Hall–Kier alpha value is -2.95. The Bertz CT molecular complexity index is 883. The van der Waals surface area contributed by atoms with Gasteiger partial charge in [0.1, 0.15) is 0 Å². The summed E-state index contributed by atoms with van der Waals surface area (Å²) in [6, 6.07) is 11.3. The zero-order valence-corrected chi connectivity index (χ0v) is 13.1. The molecule has 0 aliphatic rings. The molecule has 116 valence electrons. The van der Waals surface area contributed by atoms with E-state index in [0.717, 1.165) is 16.7 Å². The molecule has 0 amide bonds. The van der Waals surface area contributed by atoms with Gasteiger partial charge in [-0.25, -0.2) is 4.79 Å². The Kier molecular flexibility index (Phi) is 3.70. The van der Waals surface area contributed by atoms with Crippen LogP contribution in [0.25, 0.3) is 22.9 Å². The standard InChI is InChI=1S/C18H16N2O3/c1-10-9-11(2)14(15(12(10)3)18(21)22)17-20-19-16(23-17)13-7-5-4-6-8-13/h4-9H,1-3H3,(H,21,22). The molecule has 1 heterocycles. The summed E-state index contributed by atoms with van der Waals surface area (Å²) in [5, 5.41) is 17.7.